The summed E-state index contributed by atoms with van der Waals surface area (Å²) in [6, 6.07) is 11.9. The molecule has 1 heterocycles. The lowest BCUT2D eigenvalue weighted by atomic mass is 10.1. The maximum atomic E-state index is 12.9. The Labute approximate surface area is 182 Å². The third-order valence-corrected chi connectivity index (χ3v) is 5.35. The van der Waals surface area contributed by atoms with E-state index in [1.54, 1.807) is 48.5 Å². The van der Waals surface area contributed by atoms with Gasteiger partial charge in [0.15, 0.2) is 22.4 Å². The van der Waals surface area contributed by atoms with Gasteiger partial charge in [-0.05, 0) is 55.0 Å². The molecule has 150 valence electrons. The van der Waals surface area contributed by atoms with Gasteiger partial charge in [-0.1, -0.05) is 41.6 Å². The van der Waals surface area contributed by atoms with Crippen molar-refractivity contribution in [3.63, 3.8) is 0 Å². The molecular formula is C20H16ClNO5S2. The predicted molar refractivity (Wildman–Crippen MR) is 118 cm³/mol. The molecule has 1 aliphatic rings. The minimum Gasteiger partial charge on any atom is -0.490 e. The van der Waals surface area contributed by atoms with Crippen LogP contribution in [0.25, 0.3) is 6.08 Å². The molecule has 0 atom stereocenters. The van der Waals surface area contributed by atoms with Crippen LogP contribution in [0.4, 0.5) is 5.69 Å². The highest BCUT2D eigenvalue weighted by atomic mass is 35.5. The summed E-state index contributed by atoms with van der Waals surface area (Å²) in [6.45, 7) is 1.72. The van der Waals surface area contributed by atoms with Crippen LogP contribution >= 0.6 is 35.6 Å². The van der Waals surface area contributed by atoms with E-state index < -0.39 is 12.6 Å². The molecule has 1 fully saturated rings. The largest absolute Gasteiger partial charge is 0.490 e. The molecule has 3 rings (SSSR count). The van der Waals surface area contributed by atoms with Gasteiger partial charge in [0.1, 0.15) is 0 Å². The lowest BCUT2D eigenvalue weighted by Gasteiger charge is -2.14. The summed E-state index contributed by atoms with van der Waals surface area (Å²) >= 11 is 12.5. The number of nitrogens with zero attached hydrogens (tertiary/aromatic N) is 1. The van der Waals surface area contributed by atoms with Crippen molar-refractivity contribution in [3.8, 4) is 11.5 Å². The van der Waals surface area contributed by atoms with Crippen molar-refractivity contribution in [2.45, 2.75) is 6.92 Å². The second-order valence-corrected chi connectivity index (χ2v) is 7.93. The van der Waals surface area contributed by atoms with Crippen molar-refractivity contribution in [1.29, 1.82) is 0 Å². The maximum Gasteiger partial charge on any atom is 0.341 e. The van der Waals surface area contributed by atoms with Crippen molar-refractivity contribution in [1.82, 2.24) is 0 Å². The van der Waals surface area contributed by atoms with E-state index in [4.69, 9.17) is 38.4 Å². The van der Waals surface area contributed by atoms with Crippen LogP contribution in [0.3, 0.4) is 0 Å². The van der Waals surface area contributed by atoms with Gasteiger partial charge in [-0.25, -0.2) is 4.79 Å². The highest BCUT2D eigenvalue weighted by Gasteiger charge is 2.33. The van der Waals surface area contributed by atoms with E-state index in [0.717, 1.165) is 0 Å². The molecular weight excluding hydrogens is 434 g/mol. The molecule has 9 heteroatoms. The number of carbonyl (C=O) groups is 2. The molecule has 0 spiro atoms. The molecule has 0 bridgehead atoms. The maximum absolute atomic E-state index is 12.9. The van der Waals surface area contributed by atoms with Crippen molar-refractivity contribution in [2.75, 3.05) is 18.1 Å². The van der Waals surface area contributed by atoms with E-state index in [1.165, 1.54) is 16.7 Å². The number of rotatable bonds is 7. The first-order valence-electron chi connectivity index (χ1n) is 8.54. The molecule has 0 aliphatic carbocycles. The van der Waals surface area contributed by atoms with E-state index in [-0.39, 0.29) is 5.91 Å². The average molecular weight is 450 g/mol. The van der Waals surface area contributed by atoms with Gasteiger partial charge in [-0.2, -0.15) is 0 Å². The molecule has 1 N–H and O–H groups in total. The van der Waals surface area contributed by atoms with Crippen molar-refractivity contribution >= 4 is 63.5 Å². The summed E-state index contributed by atoms with van der Waals surface area (Å²) in [6.07, 6.45) is 1.71. The van der Waals surface area contributed by atoms with E-state index >= 15 is 0 Å². The van der Waals surface area contributed by atoms with Crippen LogP contribution in [0.1, 0.15) is 12.5 Å². The highest BCUT2D eigenvalue weighted by Crippen LogP contribution is 2.37. The zero-order chi connectivity index (χ0) is 21.0. The molecule has 0 unspecified atom stereocenters. The van der Waals surface area contributed by atoms with E-state index in [1.807, 2.05) is 6.92 Å². The summed E-state index contributed by atoms with van der Waals surface area (Å²) in [7, 11) is 0. The number of hydrogen-bond donors (Lipinski definition) is 1. The molecule has 29 heavy (non-hydrogen) atoms. The first-order valence-corrected chi connectivity index (χ1v) is 10.1. The Bertz CT molecular complexity index is 991. The zero-order valence-corrected chi connectivity index (χ0v) is 17.6. The number of halogens is 1. The SMILES string of the molecule is CCOc1cc(C=C2SC(=S)N(c3ccc(Cl)cc3)C2=O)ccc1OCC(=O)O. The summed E-state index contributed by atoms with van der Waals surface area (Å²) in [5.41, 5.74) is 1.35. The van der Waals surface area contributed by atoms with Gasteiger partial charge in [-0.15, -0.1) is 0 Å². The molecule has 6 nitrogen and oxygen atoms in total. The third kappa shape index (κ3) is 5.09. The van der Waals surface area contributed by atoms with Gasteiger partial charge in [0.25, 0.3) is 5.91 Å². The van der Waals surface area contributed by atoms with Crippen molar-refractivity contribution in [2.24, 2.45) is 0 Å². The summed E-state index contributed by atoms with van der Waals surface area (Å²) < 4.78 is 11.2. The quantitative estimate of drug-likeness (QED) is 0.488. The average Bonchev–Trinajstić information content (AvgIpc) is 2.95. The number of thioether (sulfide) groups is 1. The molecule has 1 saturated heterocycles. The predicted octanol–water partition coefficient (Wildman–Crippen LogP) is 4.61. The number of carbonyl (C=O) groups excluding carboxylic acids is 1. The molecule has 0 aromatic heterocycles. The lowest BCUT2D eigenvalue weighted by Crippen LogP contribution is -2.27. The van der Waals surface area contributed by atoms with Gasteiger partial charge in [0.2, 0.25) is 0 Å². The summed E-state index contributed by atoms with van der Waals surface area (Å²) in [4.78, 5) is 25.5. The fourth-order valence-corrected chi connectivity index (χ4v) is 4.00. The monoisotopic (exact) mass is 449 g/mol. The Morgan fingerprint density at radius 3 is 2.59 bits per heavy atom. The number of hydrogen-bond acceptors (Lipinski definition) is 6. The molecule has 0 saturated carbocycles. The van der Waals surface area contributed by atoms with Crippen LogP contribution in [0, 0.1) is 0 Å². The van der Waals surface area contributed by atoms with Crippen LogP contribution in [0.15, 0.2) is 47.4 Å². The van der Waals surface area contributed by atoms with Gasteiger partial charge in [0.05, 0.1) is 17.2 Å². The van der Waals surface area contributed by atoms with E-state index in [2.05, 4.69) is 0 Å². The number of anilines is 1. The first-order chi connectivity index (χ1) is 13.9. The molecule has 2 aromatic carbocycles. The number of thiocarbonyl (C=S) groups is 1. The minimum absolute atomic E-state index is 0.230. The Morgan fingerprint density at radius 2 is 1.93 bits per heavy atom. The number of carboxylic acids is 1. The normalized spacial score (nSPS) is 15.1. The Balaban J connectivity index is 1.86. The number of ether oxygens (including phenoxy) is 2. The van der Waals surface area contributed by atoms with Gasteiger partial charge >= 0.3 is 5.97 Å². The topological polar surface area (TPSA) is 76.1 Å². The Kier molecular flexibility index (Phi) is 6.79. The molecule has 1 amide bonds. The number of carboxylic acid groups (broad SMARTS) is 1. The summed E-state index contributed by atoms with van der Waals surface area (Å²) in [5, 5.41) is 9.36. The summed E-state index contributed by atoms with van der Waals surface area (Å²) in [5.74, 6) is -0.593. The Morgan fingerprint density at radius 1 is 1.21 bits per heavy atom. The number of benzene rings is 2. The van der Waals surface area contributed by atoms with Crippen LogP contribution in [0.5, 0.6) is 11.5 Å². The van der Waals surface area contributed by atoms with Crippen LogP contribution in [0.2, 0.25) is 5.02 Å². The number of aliphatic carboxylic acids is 1. The fraction of sp³-hybridized carbons (Fsp3) is 0.150. The van der Waals surface area contributed by atoms with Gasteiger partial charge < -0.3 is 14.6 Å². The smallest absolute Gasteiger partial charge is 0.341 e. The molecule has 2 aromatic rings. The fourth-order valence-electron chi connectivity index (χ4n) is 2.57. The van der Waals surface area contributed by atoms with Gasteiger partial charge in [0, 0.05) is 5.02 Å². The van der Waals surface area contributed by atoms with Crippen molar-refractivity contribution < 1.29 is 24.2 Å². The first kappa shape index (κ1) is 21.2. The molecule has 0 radical (unpaired) electrons. The van der Waals surface area contributed by atoms with Crippen LogP contribution in [-0.2, 0) is 9.59 Å². The third-order valence-electron chi connectivity index (χ3n) is 3.80. The molecule has 1 aliphatic heterocycles. The minimum atomic E-state index is -1.08. The number of amides is 1. The van der Waals surface area contributed by atoms with Gasteiger partial charge in [-0.3, -0.25) is 9.69 Å². The van der Waals surface area contributed by atoms with Crippen LogP contribution < -0.4 is 14.4 Å². The van der Waals surface area contributed by atoms with Crippen molar-refractivity contribution in [3.05, 3.63) is 58.0 Å². The van der Waals surface area contributed by atoms with Crippen LogP contribution in [-0.4, -0.2) is 34.5 Å². The second-order valence-electron chi connectivity index (χ2n) is 5.82. The standard InChI is InChI=1S/C20H16ClNO5S2/c1-2-26-16-9-12(3-8-15(16)27-11-18(23)24)10-17-19(25)22(20(28)29-17)14-6-4-13(21)5-7-14/h3-10H,2,11H2,1H3,(H,23,24). The lowest BCUT2D eigenvalue weighted by molar-refractivity contribution is -0.139. The van der Waals surface area contributed by atoms with E-state index in [9.17, 15) is 9.59 Å². The zero-order valence-electron chi connectivity index (χ0n) is 15.3. The second kappa shape index (κ2) is 9.30. The highest BCUT2D eigenvalue weighted by molar-refractivity contribution is 8.27. The Hall–Kier alpha value is -2.55. The van der Waals surface area contributed by atoms with E-state index in [0.29, 0.717) is 43.6 Å².